The van der Waals surface area contributed by atoms with Gasteiger partial charge in [0.2, 0.25) is 0 Å². The van der Waals surface area contributed by atoms with Crippen molar-refractivity contribution >= 4 is 0 Å². The minimum atomic E-state index is -0.229. The van der Waals surface area contributed by atoms with E-state index in [-0.39, 0.29) is 10.8 Å². The van der Waals surface area contributed by atoms with E-state index >= 15 is 0 Å². The molecule has 0 saturated heterocycles. The highest BCUT2D eigenvalue weighted by Gasteiger charge is 2.34. The van der Waals surface area contributed by atoms with Crippen molar-refractivity contribution in [2.24, 2.45) is 0 Å². The summed E-state index contributed by atoms with van der Waals surface area (Å²) >= 11 is 0. The molecule has 0 saturated carbocycles. The highest BCUT2D eigenvalue weighted by atomic mass is 16.3. The Bertz CT molecular complexity index is 926. The summed E-state index contributed by atoms with van der Waals surface area (Å²) in [6.07, 6.45) is 0. The van der Waals surface area contributed by atoms with E-state index in [2.05, 4.69) is 96.1 Å². The van der Waals surface area contributed by atoms with Gasteiger partial charge in [0.25, 0.3) is 0 Å². The third-order valence-electron chi connectivity index (χ3n) is 6.16. The normalized spacial score (nSPS) is 12.2. The number of hydrogen-bond acceptors (Lipinski definition) is 1. The summed E-state index contributed by atoms with van der Waals surface area (Å²) in [6.45, 7) is 15.3. The lowest BCUT2D eigenvalue weighted by Crippen LogP contribution is -2.28. The van der Waals surface area contributed by atoms with Gasteiger partial charge in [-0.1, -0.05) is 93.4 Å². The van der Waals surface area contributed by atoms with E-state index in [1.165, 1.54) is 33.4 Å². The van der Waals surface area contributed by atoms with Crippen LogP contribution in [-0.4, -0.2) is 5.11 Å². The maximum Gasteiger partial charge on any atom is 0.118 e. The van der Waals surface area contributed by atoms with Gasteiger partial charge in [-0.15, -0.1) is 0 Å². The summed E-state index contributed by atoms with van der Waals surface area (Å²) < 4.78 is 0. The standard InChI is InChI=1S/C27H32O/c1-18-10-8-12-21(14-18)26(4,5)23-16-20(3)25(28)17-24(23)27(6,7)22-13-9-11-19(2)15-22/h8-17,28H,1-7H3. The number of phenolic OH excluding ortho intramolecular Hbond substituents is 1. The zero-order valence-corrected chi connectivity index (χ0v) is 18.2. The summed E-state index contributed by atoms with van der Waals surface area (Å²) in [5, 5.41) is 10.6. The smallest absolute Gasteiger partial charge is 0.118 e. The van der Waals surface area contributed by atoms with E-state index in [4.69, 9.17) is 0 Å². The minimum Gasteiger partial charge on any atom is -0.508 e. The molecule has 3 aromatic rings. The summed E-state index contributed by atoms with van der Waals surface area (Å²) in [4.78, 5) is 0. The molecular weight excluding hydrogens is 340 g/mol. The second-order valence-corrected chi connectivity index (χ2v) is 9.17. The van der Waals surface area contributed by atoms with Crippen molar-refractivity contribution < 1.29 is 5.11 Å². The maximum absolute atomic E-state index is 10.6. The highest BCUT2D eigenvalue weighted by Crippen LogP contribution is 2.43. The molecule has 1 nitrogen and oxygen atoms in total. The van der Waals surface area contributed by atoms with E-state index in [1.54, 1.807) is 0 Å². The van der Waals surface area contributed by atoms with Crippen LogP contribution in [-0.2, 0) is 10.8 Å². The third kappa shape index (κ3) is 3.58. The van der Waals surface area contributed by atoms with E-state index in [0.717, 1.165) is 5.56 Å². The average molecular weight is 373 g/mol. The van der Waals surface area contributed by atoms with Gasteiger partial charge in [-0.3, -0.25) is 0 Å². The fraction of sp³-hybridized carbons (Fsp3) is 0.333. The Balaban J connectivity index is 2.27. The van der Waals surface area contributed by atoms with E-state index < -0.39 is 0 Å². The van der Waals surface area contributed by atoms with Gasteiger partial charge in [-0.05, 0) is 54.7 Å². The van der Waals surface area contributed by atoms with Crippen LogP contribution in [0.4, 0.5) is 0 Å². The van der Waals surface area contributed by atoms with Gasteiger partial charge in [0.1, 0.15) is 5.75 Å². The van der Waals surface area contributed by atoms with Crippen LogP contribution in [0.1, 0.15) is 66.6 Å². The molecule has 0 aromatic heterocycles. The van der Waals surface area contributed by atoms with Gasteiger partial charge in [0, 0.05) is 10.8 Å². The lowest BCUT2D eigenvalue weighted by molar-refractivity contribution is 0.465. The van der Waals surface area contributed by atoms with Gasteiger partial charge in [-0.2, -0.15) is 0 Å². The second kappa shape index (κ2) is 7.13. The van der Waals surface area contributed by atoms with Crippen molar-refractivity contribution in [3.8, 4) is 5.75 Å². The fourth-order valence-corrected chi connectivity index (χ4v) is 4.11. The van der Waals surface area contributed by atoms with Crippen molar-refractivity contribution in [1.29, 1.82) is 0 Å². The molecule has 0 unspecified atom stereocenters. The number of phenols is 1. The Morgan fingerprint density at radius 3 is 1.46 bits per heavy atom. The lowest BCUT2D eigenvalue weighted by atomic mass is 9.68. The quantitative estimate of drug-likeness (QED) is 0.524. The first-order valence-corrected chi connectivity index (χ1v) is 10.0. The average Bonchev–Trinajstić information content (AvgIpc) is 2.63. The Morgan fingerprint density at radius 2 is 1.04 bits per heavy atom. The Labute approximate surface area is 170 Å². The van der Waals surface area contributed by atoms with Crippen LogP contribution in [0.3, 0.4) is 0 Å². The van der Waals surface area contributed by atoms with Crippen molar-refractivity contribution in [3.05, 3.63) is 99.6 Å². The Hall–Kier alpha value is -2.54. The summed E-state index contributed by atoms with van der Waals surface area (Å²) in [5.41, 5.74) is 8.01. The maximum atomic E-state index is 10.6. The van der Waals surface area contributed by atoms with Crippen LogP contribution in [0.5, 0.6) is 5.75 Å². The van der Waals surface area contributed by atoms with Gasteiger partial charge in [0.15, 0.2) is 0 Å². The van der Waals surface area contributed by atoms with E-state index in [1.807, 2.05) is 13.0 Å². The number of benzene rings is 3. The second-order valence-electron chi connectivity index (χ2n) is 9.17. The van der Waals surface area contributed by atoms with E-state index in [0.29, 0.717) is 5.75 Å². The Morgan fingerprint density at radius 1 is 0.607 bits per heavy atom. The first-order valence-electron chi connectivity index (χ1n) is 10.0. The molecule has 3 rings (SSSR count). The van der Waals surface area contributed by atoms with Crippen LogP contribution in [0.15, 0.2) is 60.7 Å². The topological polar surface area (TPSA) is 20.2 Å². The van der Waals surface area contributed by atoms with Crippen LogP contribution >= 0.6 is 0 Å². The van der Waals surface area contributed by atoms with Gasteiger partial charge >= 0.3 is 0 Å². The molecule has 146 valence electrons. The molecule has 0 amide bonds. The molecule has 0 aliphatic rings. The molecule has 0 aliphatic heterocycles. The summed E-state index contributed by atoms with van der Waals surface area (Å²) in [7, 11) is 0. The first-order chi connectivity index (χ1) is 13.0. The summed E-state index contributed by atoms with van der Waals surface area (Å²) in [6, 6.07) is 21.6. The molecule has 3 aromatic carbocycles. The van der Waals surface area contributed by atoms with Crippen LogP contribution in [0.2, 0.25) is 0 Å². The molecule has 1 heteroatoms. The lowest BCUT2D eigenvalue weighted by Gasteiger charge is -2.36. The number of rotatable bonds is 4. The molecule has 0 aliphatic carbocycles. The predicted octanol–water partition coefficient (Wildman–Crippen LogP) is 6.97. The number of aryl methyl sites for hydroxylation is 3. The van der Waals surface area contributed by atoms with Crippen molar-refractivity contribution in [3.63, 3.8) is 0 Å². The van der Waals surface area contributed by atoms with Crippen molar-refractivity contribution in [1.82, 2.24) is 0 Å². The van der Waals surface area contributed by atoms with Gasteiger partial charge < -0.3 is 5.11 Å². The highest BCUT2D eigenvalue weighted by molar-refractivity contribution is 5.54. The minimum absolute atomic E-state index is 0.180. The van der Waals surface area contributed by atoms with Crippen molar-refractivity contribution in [2.75, 3.05) is 0 Å². The molecular formula is C27H32O. The Kier molecular flexibility index (Phi) is 5.14. The molecule has 0 atom stereocenters. The zero-order chi connectivity index (χ0) is 20.7. The number of hydrogen-bond donors (Lipinski definition) is 1. The molecule has 1 N–H and O–H groups in total. The van der Waals surface area contributed by atoms with Gasteiger partial charge in [-0.25, -0.2) is 0 Å². The monoisotopic (exact) mass is 372 g/mol. The SMILES string of the molecule is Cc1cccc(C(C)(C)c2cc(C)c(O)cc2C(C)(C)c2cccc(C)c2)c1. The molecule has 0 spiro atoms. The zero-order valence-electron chi connectivity index (χ0n) is 18.2. The molecule has 28 heavy (non-hydrogen) atoms. The molecule has 0 radical (unpaired) electrons. The molecule has 0 bridgehead atoms. The van der Waals surface area contributed by atoms with Gasteiger partial charge in [0.05, 0.1) is 0 Å². The van der Waals surface area contributed by atoms with Crippen LogP contribution in [0, 0.1) is 20.8 Å². The van der Waals surface area contributed by atoms with Crippen molar-refractivity contribution in [2.45, 2.75) is 59.3 Å². The fourth-order valence-electron chi connectivity index (χ4n) is 4.11. The van der Waals surface area contributed by atoms with E-state index in [9.17, 15) is 5.11 Å². The first kappa shape index (κ1) is 20.2. The largest absolute Gasteiger partial charge is 0.508 e. The summed E-state index contributed by atoms with van der Waals surface area (Å²) in [5.74, 6) is 0.361. The van der Waals surface area contributed by atoms with Crippen LogP contribution in [0.25, 0.3) is 0 Å². The third-order valence-corrected chi connectivity index (χ3v) is 6.16. The predicted molar refractivity (Wildman–Crippen MR) is 119 cm³/mol. The van der Waals surface area contributed by atoms with Crippen LogP contribution < -0.4 is 0 Å². The molecule has 0 fully saturated rings. The number of aromatic hydroxyl groups is 1. The molecule has 0 heterocycles.